The quantitative estimate of drug-likeness (QED) is 0.773. The Morgan fingerprint density at radius 3 is 2.62 bits per heavy atom. The zero-order valence-electron chi connectivity index (χ0n) is 9.52. The van der Waals surface area contributed by atoms with E-state index >= 15 is 0 Å². The molecule has 1 aliphatic carbocycles. The highest BCUT2D eigenvalue weighted by atomic mass is 16.5. The van der Waals surface area contributed by atoms with Gasteiger partial charge in [-0.25, -0.2) is 0 Å². The van der Waals surface area contributed by atoms with Gasteiger partial charge in [-0.1, -0.05) is 30.3 Å². The Hall–Kier alpha value is -0.860. The summed E-state index contributed by atoms with van der Waals surface area (Å²) in [7, 11) is 0. The van der Waals surface area contributed by atoms with Crippen molar-refractivity contribution in [3.63, 3.8) is 0 Å². The van der Waals surface area contributed by atoms with Crippen molar-refractivity contribution in [1.29, 1.82) is 0 Å². The molecule has 1 aliphatic heterocycles. The zero-order chi connectivity index (χ0) is 10.8. The predicted octanol–water partition coefficient (Wildman–Crippen LogP) is 2.77. The Morgan fingerprint density at radius 1 is 1.25 bits per heavy atom. The van der Waals surface area contributed by atoms with Crippen LogP contribution in [-0.2, 0) is 16.1 Å². The molecule has 1 saturated carbocycles. The standard InChI is InChI=1S/C14H18O2/c1-2-4-12(5-3-1)10-15-11-13-8-14(9-13)6-7-16-14/h1-5,13H,6-11H2. The van der Waals surface area contributed by atoms with Crippen molar-refractivity contribution in [2.24, 2.45) is 5.92 Å². The molecule has 2 heteroatoms. The van der Waals surface area contributed by atoms with E-state index in [-0.39, 0.29) is 0 Å². The van der Waals surface area contributed by atoms with Crippen LogP contribution in [0.15, 0.2) is 30.3 Å². The molecule has 16 heavy (non-hydrogen) atoms. The lowest BCUT2D eigenvalue weighted by molar-refractivity contribution is -0.220. The molecule has 1 spiro atoms. The molecule has 0 atom stereocenters. The minimum absolute atomic E-state index is 0.292. The van der Waals surface area contributed by atoms with E-state index in [1.807, 2.05) is 6.07 Å². The fourth-order valence-electron chi connectivity index (χ4n) is 2.74. The first-order chi connectivity index (χ1) is 7.86. The van der Waals surface area contributed by atoms with E-state index in [4.69, 9.17) is 9.47 Å². The molecule has 2 aliphatic rings. The first-order valence-corrected chi connectivity index (χ1v) is 6.12. The molecular formula is C14H18O2. The SMILES string of the molecule is c1ccc(COCC2CC3(CCO3)C2)cc1. The van der Waals surface area contributed by atoms with Gasteiger partial charge in [-0.15, -0.1) is 0 Å². The molecule has 0 radical (unpaired) electrons. The van der Waals surface area contributed by atoms with E-state index in [1.54, 1.807) is 0 Å². The Labute approximate surface area is 96.6 Å². The van der Waals surface area contributed by atoms with Crippen molar-refractivity contribution in [2.75, 3.05) is 13.2 Å². The van der Waals surface area contributed by atoms with Gasteiger partial charge in [0.2, 0.25) is 0 Å². The number of hydrogen-bond donors (Lipinski definition) is 0. The molecule has 86 valence electrons. The van der Waals surface area contributed by atoms with Crippen LogP contribution < -0.4 is 0 Å². The molecule has 0 aromatic heterocycles. The third kappa shape index (κ3) is 2.00. The fourth-order valence-corrected chi connectivity index (χ4v) is 2.74. The summed E-state index contributed by atoms with van der Waals surface area (Å²) in [5, 5.41) is 0. The van der Waals surface area contributed by atoms with Gasteiger partial charge in [0, 0.05) is 0 Å². The largest absolute Gasteiger partial charge is 0.376 e. The zero-order valence-corrected chi connectivity index (χ0v) is 9.52. The van der Waals surface area contributed by atoms with Crippen LogP contribution in [0.4, 0.5) is 0 Å². The summed E-state index contributed by atoms with van der Waals surface area (Å²) in [5.41, 5.74) is 1.55. The third-order valence-corrected chi connectivity index (χ3v) is 3.75. The van der Waals surface area contributed by atoms with Crippen LogP contribution in [0.2, 0.25) is 0 Å². The number of benzene rings is 1. The smallest absolute Gasteiger partial charge is 0.0717 e. The Balaban J connectivity index is 1.36. The van der Waals surface area contributed by atoms with Crippen LogP contribution in [-0.4, -0.2) is 18.8 Å². The highest BCUT2D eigenvalue weighted by Gasteiger charge is 2.49. The van der Waals surface area contributed by atoms with Crippen LogP contribution >= 0.6 is 0 Å². The van der Waals surface area contributed by atoms with Crippen molar-refractivity contribution in [3.05, 3.63) is 35.9 Å². The Kier molecular flexibility index (Phi) is 2.70. The van der Waals surface area contributed by atoms with E-state index in [1.165, 1.54) is 24.8 Å². The van der Waals surface area contributed by atoms with E-state index in [0.29, 0.717) is 5.60 Å². The van der Waals surface area contributed by atoms with Gasteiger partial charge in [0.25, 0.3) is 0 Å². The maximum atomic E-state index is 5.73. The summed E-state index contributed by atoms with van der Waals surface area (Å²) in [6.07, 6.45) is 3.69. The van der Waals surface area contributed by atoms with E-state index < -0.39 is 0 Å². The van der Waals surface area contributed by atoms with Crippen molar-refractivity contribution >= 4 is 0 Å². The summed E-state index contributed by atoms with van der Waals surface area (Å²) >= 11 is 0. The van der Waals surface area contributed by atoms with Gasteiger partial charge in [0.1, 0.15) is 0 Å². The molecule has 2 nitrogen and oxygen atoms in total. The number of ether oxygens (including phenoxy) is 2. The minimum atomic E-state index is 0.292. The van der Waals surface area contributed by atoms with E-state index in [0.717, 1.165) is 25.7 Å². The molecule has 2 fully saturated rings. The second-order valence-corrected chi connectivity index (χ2v) is 5.06. The lowest BCUT2D eigenvalue weighted by Crippen LogP contribution is -2.54. The number of hydrogen-bond acceptors (Lipinski definition) is 2. The van der Waals surface area contributed by atoms with Crippen molar-refractivity contribution in [1.82, 2.24) is 0 Å². The van der Waals surface area contributed by atoms with Gasteiger partial charge in [-0.2, -0.15) is 0 Å². The molecule has 3 rings (SSSR count). The molecule has 1 saturated heterocycles. The monoisotopic (exact) mass is 218 g/mol. The summed E-state index contributed by atoms with van der Waals surface area (Å²) < 4.78 is 11.3. The summed E-state index contributed by atoms with van der Waals surface area (Å²) in [5.74, 6) is 0.726. The Bertz CT molecular complexity index is 335. The van der Waals surface area contributed by atoms with Crippen molar-refractivity contribution in [3.8, 4) is 0 Å². The van der Waals surface area contributed by atoms with Crippen LogP contribution in [0.5, 0.6) is 0 Å². The van der Waals surface area contributed by atoms with Gasteiger partial charge < -0.3 is 9.47 Å². The topological polar surface area (TPSA) is 18.5 Å². The van der Waals surface area contributed by atoms with Crippen molar-refractivity contribution < 1.29 is 9.47 Å². The maximum absolute atomic E-state index is 5.73. The molecular weight excluding hydrogens is 200 g/mol. The number of rotatable bonds is 4. The fraction of sp³-hybridized carbons (Fsp3) is 0.571. The van der Waals surface area contributed by atoms with Gasteiger partial charge >= 0.3 is 0 Å². The highest BCUT2D eigenvalue weighted by molar-refractivity contribution is 5.13. The first-order valence-electron chi connectivity index (χ1n) is 6.12. The summed E-state index contributed by atoms with van der Waals surface area (Å²) in [6.45, 7) is 2.60. The Morgan fingerprint density at radius 2 is 2.00 bits per heavy atom. The van der Waals surface area contributed by atoms with Crippen molar-refractivity contribution in [2.45, 2.75) is 31.5 Å². The van der Waals surface area contributed by atoms with Gasteiger partial charge in [0.05, 0.1) is 25.4 Å². The van der Waals surface area contributed by atoms with E-state index in [9.17, 15) is 0 Å². The summed E-state index contributed by atoms with van der Waals surface area (Å²) in [4.78, 5) is 0. The minimum Gasteiger partial charge on any atom is -0.376 e. The van der Waals surface area contributed by atoms with Gasteiger partial charge in [-0.05, 0) is 30.7 Å². The lowest BCUT2D eigenvalue weighted by Gasteiger charge is -2.53. The second kappa shape index (κ2) is 4.19. The average molecular weight is 218 g/mol. The maximum Gasteiger partial charge on any atom is 0.0717 e. The molecule has 1 aromatic rings. The highest BCUT2D eigenvalue weighted by Crippen LogP contribution is 2.48. The van der Waals surface area contributed by atoms with Crippen LogP contribution in [0.25, 0.3) is 0 Å². The van der Waals surface area contributed by atoms with Gasteiger partial charge in [-0.3, -0.25) is 0 Å². The molecule has 0 unspecified atom stereocenters. The lowest BCUT2D eigenvalue weighted by atomic mass is 9.67. The molecule has 0 bridgehead atoms. The predicted molar refractivity (Wildman–Crippen MR) is 62.1 cm³/mol. The van der Waals surface area contributed by atoms with Gasteiger partial charge in [0.15, 0.2) is 0 Å². The normalized spacial score (nSPS) is 32.1. The molecule has 1 heterocycles. The third-order valence-electron chi connectivity index (χ3n) is 3.75. The first kappa shape index (κ1) is 10.3. The van der Waals surface area contributed by atoms with Crippen LogP contribution in [0.1, 0.15) is 24.8 Å². The molecule has 1 aromatic carbocycles. The average Bonchev–Trinajstić information content (AvgIpc) is 2.20. The molecule has 0 amide bonds. The van der Waals surface area contributed by atoms with Crippen LogP contribution in [0, 0.1) is 5.92 Å². The van der Waals surface area contributed by atoms with E-state index in [2.05, 4.69) is 24.3 Å². The van der Waals surface area contributed by atoms with Crippen LogP contribution in [0.3, 0.4) is 0 Å². The molecule has 0 N–H and O–H groups in total. The summed E-state index contributed by atoms with van der Waals surface area (Å²) in [6, 6.07) is 10.4. The second-order valence-electron chi connectivity index (χ2n) is 5.06.